The summed E-state index contributed by atoms with van der Waals surface area (Å²) >= 11 is 1.26. The van der Waals surface area contributed by atoms with E-state index in [1.807, 2.05) is 0 Å². The Labute approximate surface area is 332 Å². The van der Waals surface area contributed by atoms with E-state index in [-0.39, 0.29) is 49.4 Å². The molecule has 51 heavy (non-hydrogen) atoms. The summed E-state index contributed by atoms with van der Waals surface area (Å²) in [5.74, 6) is 0. The quantitative estimate of drug-likeness (QED) is 0.174. The molecule has 0 N–H and O–H groups in total. The Morgan fingerprint density at radius 2 is 1.02 bits per heavy atom. The summed E-state index contributed by atoms with van der Waals surface area (Å²) in [6.45, 7) is 0. The number of para-hydroxylation sites is 3. The maximum absolute atomic E-state index is 10.0. The molecule has 11 aromatic rings. The third kappa shape index (κ3) is 4.29. The highest BCUT2D eigenvalue weighted by molar-refractivity contribution is 7.25. The van der Waals surface area contributed by atoms with Crippen LogP contribution in [-0.2, 0) is 0 Å². The molecule has 3 heterocycles. The number of hydrogen-bond acceptors (Lipinski definition) is 1. The molecule has 8 aromatic carbocycles. The summed E-state index contributed by atoms with van der Waals surface area (Å²) in [6, 6.07) is -7.25. The molecule has 0 spiro atoms. The van der Waals surface area contributed by atoms with Gasteiger partial charge in [0.25, 0.3) is 0 Å². The van der Waals surface area contributed by atoms with E-state index >= 15 is 0 Å². The van der Waals surface area contributed by atoms with E-state index in [2.05, 4.69) is 0 Å². The monoisotopic (exact) mass is 690 g/mol. The van der Waals surface area contributed by atoms with Gasteiger partial charge in [0, 0.05) is 47.4 Å². The van der Waals surface area contributed by atoms with Crippen LogP contribution in [0, 0.1) is 0 Å². The highest BCUT2D eigenvalue weighted by Crippen LogP contribution is 2.43. The summed E-state index contributed by atoms with van der Waals surface area (Å²) in [7, 11) is 0. The average molecular weight is 691 g/mol. The lowest BCUT2D eigenvalue weighted by Gasteiger charge is -2.12. The SMILES string of the molecule is [2H]c1c([2H])c([2H])c(-c2c([2H])c([2H])c([2H])c(-c3ccc4sc5cccc(-n6c7c([2H])c([2H])c([2H])c([2H])c7c7c([2H])c(-n8c9c([2H])c([2H])c([2H])c([2H])c9c9c([2H])c([2H])c([2H])c([2H])c98)c([2H])c([2H])c76)c5c4c3)c2[2H])c([2H])c1[2H]. The number of benzene rings is 8. The van der Waals surface area contributed by atoms with Crippen molar-refractivity contribution >= 4 is 75.1 Å². The molecule has 11 rings (SSSR count). The second kappa shape index (κ2) is 11.0. The Hall–Kier alpha value is -6.42. The van der Waals surface area contributed by atoms with E-state index in [4.69, 9.17) is 24.7 Å². The molecule has 0 radical (unpaired) electrons. The minimum absolute atomic E-state index is 0.132. The molecule has 0 fully saturated rings. The van der Waals surface area contributed by atoms with Gasteiger partial charge in [0.05, 0.1) is 60.7 Å². The van der Waals surface area contributed by atoms with Crippen molar-refractivity contribution in [3.05, 3.63) is 181 Å². The smallest absolute Gasteiger partial charge is 0.0652 e. The Bertz CT molecular complexity index is 4430. The predicted octanol–water partition coefficient (Wildman–Crippen LogP) is 13.6. The first-order valence-electron chi connectivity index (χ1n) is 27.5. The van der Waals surface area contributed by atoms with Crippen molar-refractivity contribution in [2.24, 2.45) is 0 Å². The van der Waals surface area contributed by atoms with Crippen LogP contribution in [0.5, 0.6) is 0 Å². The van der Waals surface area contributed by atoms with Crippen LogP contribution in [0.25, 0.3) is 97.4 Å². The third-order valence-corrected chi connectivity index (χ3v) is 9.91. The summed E-state index contributed by atoms with van der Waals surface area (Å²) in [5.41, 5.74) is -2.92. The molecule has 0 aliphatic carbocycles. The molecule has 3 aromatic heterocycles. The summed E-state index contributed by atoms with van der Waals surface area (Å²) < 4.78 is 217. The number of thiophene rings is 1. The minimum atomic E-state index is -0.792. The van der Waals surface area contributed by atoms with Gasteiger partial charge in [-0.25, -0.2) is 0 Å². The van der Waals surface area contributed by atoms with Crippen LogP contribution in [-0.4, -0.2) is 9.13 Å². The van der Waals surface area contributed by atoms with Crippen LogP contribution < -0.4 is 0 Å². The second-order valence-corrected chi connectivity index (χ2v) is 12.6. The zero-order chi connectivity index (χ0) is 54.4. The van der Waals surface area contributed by atoms with Crippen LogP contribution in [0.2, 0.25) is 0 Å². The van der Waals surface area contributed by atoms with Crippen LogP contribution in [0.1, 0.15) is 32.9 Å². The Morgan fingerprint density at radius 1 is 0.412 bits per heavy atom. The molecular weight excluding hydrogens is 637 g/mol. The summed E-state index contributed by atoms with van der Waals surface area (Å²) in [6.07, 6.45) is 0. The van der Waals surface area contributed by atoms with Gasteiger partial charge in [0.1, 0.15) is 0 Å². The van der Waals surface area contributed by atoms with Crippen molar-refractivity contribution in [3.63, 3.8) is 0 Å². The van der Waals surface area contributed by atoms with Crippen LogP contribution in [0.3, 0.4) is 0 Å². The van der Waals surface area contributed by atoms with E-state index < -0.39 is 173 Å². The molecule has 0 amide bonds. The molecule has 0 unspecified atom stereocenters. The molecular formula is C48H30N2S. The zero-order valence-corrected chi connectivity index (χ0v) is 26.6. The molecule has 0 atom stereocenters. The predicted molar refractivity (Wildman–Crippen MR) is 219 cm³/mol. The molecule has 0 saturated carbocycles. The Balaban J connectivity index is 1.28. The van der Waals surface area contributed by atoms with Crippen molar-refractivity contribution < 1.29 is 32.9 Å². The zero-order valence-electron chi connectivity index (χ0n) is 49.8. The number of nitrogens with zero attached hydrogens (tertiary/aromatic N) is 2. The highest BCUT2D eigenvalue weighted by atomic mass is 32.1. The van der Waals surface area contributed by atoms with Crippen molar-refractivity contribution in [3.8, 4) is 33.6 Å². The lowest BCUT2D eigenvalue weighted by atomic mass is 9.98. The number of aromatic nitrogens is 2. The van der Waals surface area contributed by atoms with Crippen molar-refractivity contribution in [1.82, 2.24) is 9.13 Å². The first kappa shape index (κ1) is 13.7. The maximum Gasteiger partial charge on any atom is 0.0652 e. The largest absolute Gasteiger partial charge is 0.309 e. The Morgan fingerprint density at radius 3 is 1.76 bits per heavy atom. The number of hydrogen-bond donors (Lipinski definition) is 0. The first-order chi connectivity index (χ1) is 35.3. The second-order valence-electron chi connectivity index (χ2n) is 11.5. The van der Waals surface area contributed by atoms with E-state index in [9.17, 15) is 8.22 Å². The van der Waals surface area contributed by atoms with E-state index in [0.29, 0.717) is 20.2 Å². The number of rotatable bonds is 4. The van der Waals surface area contributed by atoms with E-state index in [0.717, 1.165) is 4.57 Å². The van der Waals surface area contributed by atoms with Gasteiger partial charge in [0.15, 0.2) is 0 Å². The summed E-state index contributed by atoms with van der Waals surface area (Å²) in [5, 5.41) is -0.565. The number of fused-ring (bicyclic) bond motifs is 9. The normalized spacial score (nSPS) is 18.5. The molecule has 2 nitrogen and oxygen atoms in total. The van der Waals surface area contributed by atoms with Crippen LogP contribution in [0.4, 0.5) is 0 Å². The van der Waals surface area contributed by atoms with Gasteiger partial charge >= 0.3 is 0 Å². The fourth-order valence-corrected chi connectivity index (χ4v) is 7.75. The van der Waals surface area contributed by atoms with E-state index in [1.54, 1.807) is 36.4 Å². The van der Waals surface area contributed by atoms with Crippen molar-refractivity contribution in [2.45, 2.75) is 0 Å². The molecule has 3 heteroatoms. The van der Waals surface area contributed by atoms with Gasteiger partial charge < -0.3 is 9.13 Å². The maximum atomic E-state index is 10.0. The molecule has 0 aliphatic rings. The van der Waals surface area contributed by atoms with Crippen LogP contribution in [0.15, 0.2) is 181 Å². The van der Waals surface area contributed by atoms with Gasteiger partial charge in [-0.1, -0.05) is 115 Å². The van der Waals surface area contributed by atoms with Gasteiger partial charge in [-0.2, -0.15) is 0 Å². The molecule has 0 saturated heterocycles. The molecule has 0 bridgehead atoms. The first-order valence-corrected chi connectivity index (χ1v) is 16.3. The fourth-order valence-electron chi connectivity index (χ4n) is 6.64. The van der Waals surface area contributed by atoms with Crippen molar-refractivity contribution in [2.75, 3.05) is 0 Å². The van der Waals surface area contributed by atoms with Gasteiger partial charge in [-0.3, -0.25) is 0 Å². The van der Waals surface area contributed by atoms with Gasteiger partial charge in [-0.15, -0.1) is 11.3 Å². The topological polar surface area (TPSA) is 9.86 Å². The molecule has 0 aliphatic heterocycles. The summed E-state index contributed by atoms with van der Waals surface area (Å²) in [4.78, 5) is 0. The standard InChI is InChI=1S/C48H30N2S/c1-2-12-31(13-3-1)32-14-10-15-33(28-32)34-24-27-46-40(29-34)48-45(22-11-23-47(48)51-46)50-43-21-9-6-18-38(43)39-30-35(25-26-44(39)50)49-41-19-7-4-16-36(41)37-17-5-8-20-42(37)49/h1-30H/i1D,2D,3D,4D,5D,6D,7D,8D,9D,10D,12D,13D,14D,15D,16D,17D,18D,19D,20D,21D,25D,26D,28D,30D. The van der Waals surface area contributed by atoms with Crippen molar-refractivity contribution in [1.29, 1.82) is 0 Å². The lowest BCUT2D eigenvalue weighted by molar-refractivity contribution is 1.17. The fraction of sp³-hybridized carbons (Fsp3) is 0. The van der Waals surface area contributed by atoms with Gasteiger partial charge in [-0.05, 0) is 88.8 Å². The third-order valence-electron chi connectivity index (χ3n) is 8.78. The van der Waals surface area contributed by atoms with Crippen LogP contribution >= 0.6 is 11.3 Å². The average Bonchev–Trinajstić information content (AvgIpc) is 4.08. The Kier molecular flexibility index (Phi) is 2.97. The van der Waals surface area contributed by atoms with Gasteiger partial charge in [0.2, 0.25) is 0 Å². The minimum Gasteiger partial charge on any atom is -0.309 e. The molecule has 238 valence electrons. The lowest BCUT2D eigenvalue weighted by Crippen LogP contribution is -1.96. The highest BCUT2D eigenvalue weighted by Gasteiger charge is 2.19. The van der Waals surface area contributed by atoms with E-state index in [1.165, 1.54) is 15.9 Å².